The van der Waals surface area contributed by atoms with E-state index in [4.69, 9.17) is 0 Å². The Hall–Kier alpha value is -3.33. The van der Waals surface area contributed by atoms with Gasteiger partial charge >= 0.3 is 0 Å². The summed E-state index contributed by atoms with van der Waals surface area (Å²) in [4.78, 5) is 40.1. The summed E-state index contributed by atoms with van der Waals surface area (Å²) in [5.41, 5.74) is 3.73. The first kappa shape index (κ1) is 21.5. The number of carbonyl (C=O) groups excluding carboxylic acids is 1. The zero-order valence-electron chi connectivity index (χ0n) is 18.8. The minimum absolute atomic E-state index is 0.193. The molecule has 33 heavy (non-hydrogen) atoms. The monoisotopic (exact) mass is 450 g/mol. The van der Waals surface area contributed by atoms with Gasteiger partial charge < -0.3 is 15.2 Å². The summed E-state index contributed by atoms with van der Waals surface area (Å²) < 4.78 is 15.2. The van der Waals surface area contributed by atoms with Crippen molar-refractivity contribution in [3.8, 4) is 0 Å². The van der Waals surface area contributed by atoms with Crippen LogP contribution in [-0.4, -0.2) is 59.0 Å². The summed E-state index contributed by atoms with van der Waals surface area (Å²) in [6, 6.07) is 7.25. The van der Waals surface area contributed by atoms with Gasteiger partial charge in [0.1, 0.15) is 16.9 Å². The Labute approximate surface area is 190 Å². The van der Waals surface area contributed by atoms with E-state index >= 15 is 4.39 Å². The molecule has 0 bridgehead atoms. The molecule has 1 amide bonds. The maximum Gasteiger partial charge on any atom is 0.270 e. The van der Waals surface area contributed by atoms with Crippen molar-refractivity contribution in [1.82, 2.24) is 25.2 Å². The highest BCUT2D eigenvalue weighted by molar-refractivity contribution is 5.92. The highest BCUT2D eigenvalue weighted by atomic mass is 19.1. The summed E-state index contributed by atoms with van der Waals surface area (Å²) in [5, 5.41) is 2.59. The number of H-pyrrole nitrogens is 1. The van der Waals surface area contributed by atoms with Crippen molar-refractivity contribution in [3.05, 3.63) is 63.1 Å². The van der Waals surface area contributed by atoms with E-state index in [1.54, 1.807) is 25.2 Å². The first-order valence-corrected chi connectivity index (χ1v) is 11.3. The van der Waals surface area contributed by atoms with E-state index in [1.807, 2.05) is 13.0 Å². The van der Waals surface area contributed by atoms with Crippen LogP contribution in [0.25, 0.3) is 11.0 Å². The van der Waals surface area contributed by atoms with Gasteiger partial charge in [0.05, 0.1) is 16.9 Å². The SMILES string of the molecule is CNC(=O)c1ccc(N2CCN(Cc3ccc4nc(C5CC5)c(=O)[nH]c4c3F)CC2)c(C)n1. The van der Waals surface area contributed by atoms with Crippen LogP contribution in [-0.2, 0) is 6.54 Å². The lowest BCUT2D eigenvalue weighted by molar-refractivity contribution is 0.0958. The molecule has 3 aromatic rings. The smallest absolute Gasteiger partial charge is 0.270 e. The number of hydrogen-bond donors (Lipinski definition) is 2. The predicted octanol–water partition coefficient (Wildman–Crippen LogP) is 2.32. The van der Waals surface area contributed by atoms with E-state index in [2.05, 4.69) is 30.1 Å². The molecule has 0 unspecified atom stereocenters. The Morgan fingerprint density at radius 1 is 1.15 bits per heavy atom. The molecule has 1 aliphatic carbocycles. The summed E-state index contributed by atoms with van der Waals surface area (Å²) in [6.07, 6.45) is 1.95. The molecule has 2 aromatic heterocycles. The van der Waals surface area contributed by atoms with Crippen molar-refractivity contribution >= 4 is 22.6 Å². The Kier molecular flexibility index (Phi) is 5.57. The van der Waals surface area contributed by atoms with Gasteiger partial charge in [-0.15, -0.1) is 0 Å². The number of fused-ring (bicyclic) bond motifs is 1. The minimum atomic E-state index is -0.397. The van der Waals surface area contributed by atoms with Gasteiger partial charge in [0.25, 0.3) is 11.5 Å². The van der Waals surface area contributed by atoms with Crippen LogP contribution in [0, 0.1) is 12.7 Å². The average molecular weight is 451 g/mol. The molecule has 1 saturated carbocycles. The molecule has 2 fully saturated rings. The zero-order chi connectivity index (χ0) is 23.1. The van der Waals surface area contributed by atoms with Crippen LogP contribution in [0.1, 0.15) is 46.2 Å². The second kappa shape index (κ2) is 8.55. The largest absolute Gasteiger partial charge is 0.368 e. The van der Waals surface area contributed by atoms with Crippen LogP contribution >= 0.6 is 0 Å². The third-order valence-electron chi connectivity index (χ3n) is 6.50. The second-order valence-electron chi connectivity index (χ2n) is 8.80. The van der Waals surface area contributed by atoms with Crippen molar-refractivity contribution in [2.75, 3.05) is 38.1 Å². The Balaban J connectivity index is 1.27. The normalized spacial score (nSPS) is 16.9. The fourth-order valence-electron chi connectivity index (χ4n) is 4.47. The number of piperazine rings is 1. The van der Waals surface area contributed by atoms with Gasteiger partial charge in [-0.25, -0.2) is 14.4 Å². The van der Waals surface area contributed by atoms with Gasteiger partial charge in [-0.2, -0.15) is 0 Å². The second-order valence-corrected chi connectivity index (χ2v) is 8.80. The molecule has 172 valence electrons. The molecule has 1 aromatic carbocycles. The van der Waals surface area contributed by atoms with Gasteiger partial charge in [0.15, 0.2) is 5.82 Å². The summed E-state index contributed by atoms with van der Waals surface area (Å²) in [6.45, 7) is 5.46. The van der Waals surface area contributed by atoms with Gasteiger partial charge in [0.2, 0.25) is 0 Å². The van der Waals surface area contributed by atoms with E-state index in [9.17, 15) is 9.59 Å². The van der Waals surface area contributed by atoms with Crippen molar-refractivity contribution in [2.45, 2.75) is 32.2 Å². The average Bonchev–Trinajstić information content (AvgIpc) is 3.66. The van der Waals surface area contributed by atoms with Crippen LogP contribution in [0.2, 0.25) is 0 Å². The molecule has 3 heterocycles. The fraction of sp³-hybridized carbons (Fsp3) is 0.417. The van der Waals surface area contributed by atoms with E-state index < -0.39 is 5.82 Å². The number of aromatic nitrogens is 3. The van der Waals surface area contributed by atoms with E-state index in [-0.39, 0.29) is 22.9 Å². The van der Waals surface area contributed by atoms with Crippen LogP contribution in [0.3, 0.4) is 0 Å². The Morgan fingerprint density at radius 3 is 2.58 bits per heavy atom. The lowest BCUT2D eigenvalue weighted by atomic mass is 10.1. The Morgan fingerprint density at radius 2 is 1.91 bits per heavy atom. The number of halogens is 1. The lowest BCUT2D eigenvalue weighted by Gasteiger charge is -2.36. The molecule has 9 heteroatoms. The number of carbonyl (C=O) groups is 1. The third-order valence-corrected chi connectivity index (χ3v) is 6.50. The number of nitrogens with one attached hydrogen (secondary N) is 2. The maximum absolute atomic E-state index is 15.2. The van der Waals surface area contributed by atoms with Crippen LogP contribution in [0.4, 0.5) is 10.1 Å². The van der Waals surface area contributed by atoms with E-state index in [0.717, 1.165) is 50.4 Å². The molecular formula is C24H27FN6O2. The minimum Gasteiger partial charge on any atom is -0.368 e. The molecular weight excluding hydrogens is 423 g/mol. The van der Waals surface area contributed by atoms with Crippen molar-refractivity contribution in [2.24, 2.45) is 0 Å². The molecule has 2 aliphatic rings. The number of amides is 1. The molecule has 8 nitrogen and oxygen atoms in total. The summed E-state index contributed by atoms with van der Waals surface area (Å²) >= 11 is 0. The molecule has 1 saturated heterocycles. The standard InChI is InChI=1S/C24H27FN6O2/c1-14-19(8-7-18(27-14)23(32)26-2)31-11-9-30(10-12-31)13-16-5-6-17-22(20(16)25)29-24(33)21(28-17)15-3-4-15/h5-8,15H,3-4,9-13H2,1-2H3,(H,26,32)(H,29,33). The molecule has 5 rings (SSSR count). The fourth-order valence-corrected chi connectivity index (χ4v) is 4.47. The van der Waals surface area contributed by atoms with Crippen LogP contribution in [0.15, 0.2) is 29.1 Å². The lowest BCUT2D eigenvalue weighted by Crippen LogP contribution is -2.46. The number of rotatable bonds is 5. The summed E-state index contributed by atoms with van der Waals surface area (Å²) in [5.74, 6) is -0.380. The zero-order valence-corrected chi connectivity index (χ0v) is 18.8. The Bertz CT molecular complexity index is 1280. The number of aromatic amines is 1. The van der Waals surface area contributed by atoms with E-state index in [0.29, 0.717) is 29.0 Å². The van der Waals surface area contributed by atoms with Crippen LogP contribution in [0.5, 0.6) is 0 Å². The number of anilines is 1. The van der Waals surface area contributed by atoms with Crippen LogP contribution < -0.4 is 15.8 Å². The highest BCUT2D eigenvalue weighted by Gasteiger charge is 2.29. The van der Waals surface area contributed by atoms with Gasteiger partial charge in [-0.05, 0) is 38.0 Å². The number of hydrogen-bond acceptors (Lipinski definition) is 6. The molecule has 2 N–H and O–H groups in total. The first-order chi connectivity index (χ1) is 15.9. The molecule has 0 atom stereocenters. The van der Waals surface area contributed by atoms with Crippen molar-refractivity contribution in [1.29, 1.82) is 0 Å². The van der Waals surface area contributed by atoms with Gasteiger partial charge in [-0.1, -0.05) is 6.07 Å². The quantitative estimate of drug-likeness (QED) is 0.620. The summed E-state index contributed by atoms with van der Waals surface area (Å²) in [7, 11) is 1.59. The van der Waals surface area contributed by atoms with Gasteiger partial charge in [-0.3, -0.25) is 14.5 Å². The molecule has 0 spiro atoms. The number of benzene rings is 1. The third kappa shape index (κ3) is 4.20. The first-order valence-electron chi connectivity index (χ1n) is 11.3. The number of aryl methyl sites for hydroxylation is 1. The predicted molar refractivity (Wildman–Crippen MR) is 124 cm³/mol. The molecule has 1 aliphatic heterocycles. The number of pyridine rings is 1. The van der Waals surface area contributed by atoms with Gasteiger partial charge in [0, 0.05) is 51.3 Å². The number of nitrogens with zero attached hydrogens (tertiary/aromatic N) is 4. The molecule has 0 radical (unpaired) electrons. The van der Waals surface area contributed by atoms with Crippen molar-refractivity contribution in [3.63, 3.8) is 0 Å². The van der Waals surface area contributed by atoms with Crippen molar-refractivity contribution < 1.29 is 9.18 Å². The van der Waals surface area contributed by atoms with E-state index in [1.165, 1.54) is 0 Å². The maximum atomic E-state index is 15.2. The topological polar surface area (TPSA) is 94.2 Å². The highest BCUT2D eigenvalue weighted by Crippen LogP contribution is 2.37.